The molecule has 1 amide bonds. The molecule has 1 aromatic heterocycles. The number of piperazine rings is 1. The van der Waals surface area contributed by atoms with Crippen LogP contribution in [0.5, 0.6) is 0 Å². The van der Waals surface area contributed by atoms with Crippen molar-refractivity contribution in [3.63, 3.8) is 0 Å². The molecule has 0 N–H and O–H groups in total. The molecule has 1 saturated heterocycles. The van der Waals surface area contributed by atoms with Crippen molar-refractivity contribution in [1.29, 1.82) is 0 Å². The highest BCUT2D eigenvalue weighted by Gasteiger charge is 2.28. The summed E-state index contributed by atoms with van der Waals surface area (Å²) >= 11 is 1.44. The zero-order valence-electron chi connectivity index (χ0n) is 16.4. The largest absolute Gasteiger partial charge is 0.343 e. The summed E-state index contributed by atoms with van der Waals surface area (Å²) in [5.41, 5.74) is 2.25. The van der Waals surface area contributed by atoms with Crippen molar-refractivity contribution in [3.05, 3.63) is 83.7 Å². The third-order valence-electron chi connectivity index (χ3n) is 5.06. The van der Waals surface area contributed by atoms with Crippen LogP contribution in [-0.4, -0.2) is 45.8 Å². The number of nitrogens with zero attached hydrogens (tertiary/aromatic N) is 4. The van der Waals surface area contributed by atoms with E-state index in [0.717, 1.165) is 36.0 Å². The molecule has 6 heteroatoms. The van der Waals surface area contributed by atoms with E-state index in [4.69, 9.17) is 4.98 Å². The van der Waals surface area contributed by atoms with E-state index in [0.29, 0.717) is 6.54 Å². The topological polar surface area (TPSA) is 49.3 Å². The first-order valence-electron chi connectivity index (χ1n) is 9.84. The number of anilines is 1. The Kier molecular flexibility index (Phi) is 6.00. The third kappa shape index (κ3) is 4.90. The summed E-state index contributed by atoms with van der Waals surface area (Å²) in [5, 5.41) is 0.940. The summed E-state index contributed by atoms with van der Waals surface area (Å²) in [5.74, 6) is 0.913. The van der Waals surface area contributed by atoms with E-state index in [-0.39, 0.29) is 11.9 Å². The van der Waals surface area contributed by atoms with Gasteiger partial charge in [0.25, 0.3) is 0 Å². The molecule has 0 aliphatic carbocycles. The normalized spacial score (nSPS) is 17.1. The van der Waals surface area contributed by atoms with Crippen molar-refractivity contribution in [2.24, 2.45) is 0 Å². The summed E-state index contributed by atoms with van der Waals surface area (Å²) in [6.45, 7) is 4.32. The number of hydrogen-bond acceptors (Lipinski definition) is 5. The van der Waals surface area contributed by atoms with Crippen LogP contribution in [0.15, 0.2) is 66.7 Å². The molecule has 1 fully saturated rings. The molecule has 1 atom stereocenters. The summed E-state index contributed by atoms with van der Waals surface area (Å²) in [7, 11) is 0. The van der Waals surface area contributed by atoms with Crippen LogP contribution < -0.4 is 4.90 Å². The van der Waals surface area contributed by atoms with Gasteiger partial charge in [-0.05, 0) is 24.1 Å². The first-order valence-corrected chi connectivity index (χ1v) is 10.6. The van der Waals surface area contributed by atoms with Gasteiger partial charge in [-0.25, -0.2) is 4.98 Å². The average Bonchev–Trinajstić information content (AvgIpc) is 3.22. The molecule has 0 saturated carbocycles. The smallest absolute Gasteiger partial charge is 0.246 e. The van der Waals surface area contributed by atoms with E-state index in [9.17, 15) is 4.79 Å². The fourth-order valence-electron chi connectivity index (χ4n) is 3.51. The van der Waals surface area contributed by atoms with Gasteiger partial charge in [-0.15, -0.1) is 0 Å². The molecule has 5 nitrogen and oxygen atoms in total. The fraction of sp³-hybridized carbons (Fsp3) is 0.261. The van der Waals surface area contributed by atoms with Crippen molar-refractivity contribution < 1.29 is 4.79 Å². The van der Waals surface area contributed by atoms with Crippen LogP contribution in [0.4, 0.5) is 5.13 Å². The second-order valence-electron chi connectivity index (χ2n) is 7.23. The molecular weight excluding hydrogens is 380 g/mol. The quantitative estimate of drug-likeness (QED) is 0.606. The van der Waals surface area contributed by atoms with E-state index in [1.165, 1.54) is 17.1 Å². The fourth-order valence-corrected chi connectivity index (χ4v) is 4.23. The maximum absolute atomic E-state index is 12.6. The number of carbonyl (C=O) groups is 1. The highest BCUT2D eigenvalue weighted by molar-refractivity contribution is 7.09. The maximum atomic E-state index is 12.6. The van der Waals surface area contributed by atoms with Gasteiger partial charge in [0.2, 0.25) is 11.0 Å². The SMILES string of the molecule is C[C@H]1CN(c2nc(Cc3ccccc3)ns2)CCN1C(=O)/C=C/c1ccccc1. The Bertz CT molecular complexity index is 971. The maximum Gasteiger partial charge on any atom is 0.246 e. The Morgan fingerprint density at radius 2 is 1.83 bits per heavy atom. The zero-order valence-corrected chi connectivity index (χ0v) is 17.3. The highest BCUT2D eigenvalue weighted by atomic mass is 32.1. The molecule has 29 heavy (non-hydrogen) atoms. The second kappa shape index (κ2) is 9.01. The first kappa shape index (κ1) is 19.3. The minimum Gasteiger partial charge on any atom is -0.343 e. The lowest BCUT2D eigenvalue weighted by atomic mass is 10.1. The number of aromatic nitrogens is 2. The van der Waals surface area contributed by atoms with Gasteiger partial charge < -0.3 is 9.80 Å². The Morgan fingerprint density at radius 3 is 2.55 bits per heavy atom. The van der Waals surface area contributed by atoms with Crippen LogP contribution in [0.25, 0.3) is 6.08 Å². The molecule has 1 aliphatic rings. The van der Waals surface area contributed by atoms with Gasteiger partial charge in [-0.2, -0.15) is 4.37 Å². The van der Waals surface area contributed by atoms with Gasteiger partial charge in [0, 0.05) is 49.7 Å². The summed E-state index contributed by atoms with van der Waals surface area (Å²) in [4.78, 5) is 21.5. The molecule has 2 heterocycles. The molecule has 148 valence electrons. The molecule has 0 radical (unpaired) electrons. The second-order valence-corrected chi connectivity index (χ2v) is 7.96. The van der Waals surface area contributed by atoms with Crippen molar-refractivity contribution in [2.75, 3.05) is 24.5 Å². The van der Waals surface area contributed by atoms with E-state index in [1.807, 2.05) is 59.5 Å². The molecule has 0 spiro atoms. The van der Waals surface area contributed by atoms with E-state index in [1.54, 1.807) is 6.08 Å². The zero-order chi connectivity index (χ0) is 20.1. The lowest BCUT2D eigenvalue weighted by Crippen LogP contribution is -2.53. The van der Waals surface area contributed by atoms with E-state index in [2.05, 4.69) is 28.3 Å². The lowest BCUT2D eigenvalue weighted by molar-refractivity contribution is -0.128. The van der Waals surface area contributed by atoms with Crippen LogP contribution in [-0.2, 0) is 11.2 Å². The monoisotopic (exact) mass is 404 g/mol. The molecule has 3 aromatic rings. The van der Waals surface area contributed by atoms with Crippen LogP contribution >= 0.6 is 11.5 Å². The Balaban J connectivity index is 1.35. The van der Waals surface area contributed by atoms with E-state index >= 15 is 0 Å². The molecule has 1 aliphatic heterocycles. The predicted molar refractivity (Wildman–Crippen MR) is 118 cm³/mol. The van der Waals surface area contributed by atoms with E-state index < -0.39 is 0 Å². The van der Waals surface area contributed by atoms with Crippen LogP contribution in [0.2, 0.25) is 0 Å². The molecular formula is C23H24N4OS. The Labute approximate surface area is 175 Å². The van der Waals surface area contributed by atoms with Crippen molar-refractivity contribution in [1.82, 2.24) is 14.3 Å². The Morgan fingerprint density at radius 1 is 1.10 bits per heavy atom. The summed E-state index contributed by atoms with van der Waals surface area (Å²) in [6, 6.07) is 20.3. The number of benzene rings is 2. The minimum atomic E-state index is 0.0584. The summed E-state index contributed by atoms with van der Waals surface area (Å²) in [6.07, 6.45) is 4.29. The molecule has 2 aromatic carbocycles. The molecule has 4 rings (SSSR count). The van der Waals surface area contributed by atoms with Crippen LogP contribution in [0.1, 0.15) is 23.9 Å². The minimum absolute atomic E-state index is 0.0584. The van der Waals surface area contributed by atoms with Gasteiger partial charge in [-0.1, -0.05) is 60.7 Å². The Hall–Kier alpha value is -2.99. The van der Waals surface area contributed by atoms with Gasteiger partial charge >= 0.3 is 0 Å². The summed E-state index contributed by atoms with van der Waals surface area (Å²) < 4.78 is 4.53. The number of carbonyl (C=O) groups excluding carboxylic acids is 1. The first-order chi connectivity index (χ1) is 14.2. The van der Waals surface area contributed by atoms with Gasteiger partial charge in [0.05, 0.1) is 0 Å². The third-order valence-corrected chi connectivity index (χ3v) is 5.88. The number of hydrogen-bond donors (Lipinski definition) is 0. The number of rotatable bonds is 5. The number of amides is 1. The predicted octanol–water partition coefficient (Wildman–Crippen LogP) is 3.88. The highest BCUT2D eigenvalue weighted by Crippen LogP contribution is 2.22. The lowest BCUT2D eigenvalue weighted by Gasteiger charge is -2.39. The van der Waals surface area contributed by atoms with Gasteiger partial charge in [-0.3, -0.25) is 4.79 Å². The van der Waals surface area contributed by atoms with Crippen molar-refractivity contribution in [3.8, 4) is 0 Å². The van der Waals surface area contributed by atoms with Gasteiger partial charge in [0.1, 0.15) is 5.82 Å². The molecule has 0 bridgehead atoms. The van der Waals surface area contributed by atoms with Crippen molar-refractivity contribution in [2.45, 2.75) is 19.4 Å². The standard InChI is InChI=1S/C23H24N4OS/c1-18-17-26(23-24-21(25-29-23)16-20-10-6-3-7-11-20)14-15-27(18)22(28)13-12-19-8-4-2-5-9-19/h2-13,18H,14-17H2,1H3/b13-12+/t18-/m0/s1. The average molecular weight is 405 g/mol. The van der Waals surface area contributed by atoms with Crippen LogP contribution in [0.3, 0.4) is 0 Å². The van der Waals surface area contributed by atoms with Crippen molar-refractivity contribution >= 4 is 28.6 Å². The van der Waals surface area contributed by atoms with Crippen LogP contribution in [0, 0.1) is 0 Å². The van der Waals surface area contributed by atoms with Gasteiger partial charge in [0.15, 0.2) is 0 Å². The molecule has 0 unspecified atom stereocenters.